The van der Waals surface area contributed by atoms with Gasteiger partial charge in [0, 0.05) is 25.0 Å². The van der Waals surface area contributed by atoms with Gasteiger partial charge in [0.25, 0.3) is 0 Å². The minimum atomic E-state index is 0.175. The fourth-order valence-corrected chi connectivity index (χ4v) is 3.24. The van der Waals surface area contributed by atoms with Crippen LogP contribution in [0.25, 0.3) is 0 Å². The van der Waals surface area contributed by atoms with Crippen molar-refractivity contribution in [2.75, 3.05) is 26.2 Å². The highest BCUT2D eigenvalue weighted by Gasteiger charge is 2.41. The highest BCUT2D eigenvalue weighted by atomic mass is 16.3. The van der Waals surface area contributed by atoms with Gasteiger partial charge in [0.05, 0.1) is 6.42 Å². The van der Waals surface area contributed by atoms with E-state index >= 15 is 0 Å². The fraction of sp³-hybridized carbons (Fsp3) is 0.533. The van der Waals surface area contributed by atoms with E-state index in [4.69, 9.17) is 0 Å². The Morgan fingerprint density at radius 3 is 3.05 bits per heavy atom. The molecule has 2 aliphatic rings. The molecule has 0 bridgehead atoms. The van der Waals surface area contributed by atoms with Crippen LogP contribution in [0.2, 0.25) is 0 Å². The molecule has 4 heteroatoms. The van der Waals surface area contributed by atoms with E-state index in [1.807, 2.05) is 11.0 Å². The third kappa shape index (κ3) is 2.59. The largest absolute Gasteiger partial charge is 0.508 e. The summed E-state index contributed by atoms with van der Waals surface area (Å²) in [6.07, 6.45) is 2.69. The number of carbonyl (C=O) groups is 1. The van der Waals surface area contributed by atoms with Gasteiger partial charge in [0.2, 0.25) is 5.91 Å². The van der Waals surface area contributed by atoms with E-state index in [2.05, 4.69) is 5.32 Å². The molecule has 1 aromatic rings. The number of rotatable bonds is 2. The van der Waals surface area contributed by atoms with E-state index in [1.165, 1.54) is 6.42 Å². The molecule has 2 fully saturated rings. The minimum absolute atomic E-state index is 0.175. The van der Waals surface area contributed by atoms with Crippen LogP contribution in [0.1, 0.15) is 18.4 Å². The molecule has 2 heterocycles. The average Bonchev–Trinajstić information content (AvgIpc) is 3.00. The average molecular weight is 260 g/mol. The highest BCUT2D eigenvalue weighted by molar-refractivity contribution is 5.79. The van der Waals surface area contributed by atoms with Crippen LogP contribution >= 0.6 is 0 Å². The Balaban J connectivity index is 1.62. The zero-order chi connectivity index (χ0) is 13.3. The molecule has 3 rings (SSSR count). The molecule has 1 atom stereocenters. The standard InChI is InChI=1S/C15H20N2O2/c18-13-3-1-2-12(8-13)9-14(19)17-7-5-15(11-17)4-6-16-10-15/h1-3,8,16,18H,4-7,9-11H2. The molecule has 4 nitrogen and oxygen atoms in total. The number of hydrogen-bond acceptors (Lipinski definition) is 3. The van der Waals surface area contributed by atoms with Crippen molar-refractivity contribution in [3.05, 3.63) is 29.8 Å². The first-order valence-electron chi connectivity index (χ1n) is 6.93. The normalized spacial score (nSPS) is 26.2. The number of phenols is 1. The Morgan fingerprint density at radius 2 is 2.32 bits per heavy atom. The summed E-state index contributed by atoms with van der Waals surface area (Å²) in [4.78, 5) is 14.3. The maximum absolute atomic E-state index is 12.3. The van der Waals surface area contributed by atoms with E-state index in [0.717, 1.165) is 38.2 Å². The van der Waals surface area contributed by atoms with Crippen LogP contribution in [0.3, 0.4) is 0 Å². The van der Waals surface area contributed by atoms with Crippen molar-refractivity contribution in [1.29, 1.82) is 0 Å². The lowest BCUT2D eigenvalue weighted by atomic mass is 9.86. The Bertz CT molecular complexity index is 481. The number of nitrogens with one attached hydrogen (secondary N) is 1. The Labute approximate surface area is 113 Å². The number of nitrogens with zero attached hydrogens (tertiary/aromatic N) is 1. The van der Waals surface area contributed by atoms with E-state index in [1.54, 1.807) is 18.2 Å². The maximum atomic E-state index is 12.3. The van der Waals surface area contributed by atoms with Gasteiger partial charge in [-0.1, -0.05) is 12.1 Å². The summed E-state index contributed by atoms with van der Waals surface area (Å²) < 4.78 is 0. The van der Waals surface area contributed by atoms with E-state index in [0.29, 0.717) is 11.8 Å². The van der Waals surface area contributed by atoms with Gasteiger partial charge in [-0.25, -0.2) is 0 Å². The predicted molar refractivity (Wildman–Crippen MR) is 72.9 cm³/mol. The molecule has 0 aliphatic carbocycles. The quantitative estimate of drug-likeness (QED) is 0.838. The van der Waals surface area contributed by atoms with Crippen LogP contribution in [-0.4, -0.2) is 42.1 Å². The monoisotopic (exact) mass is 260 g/mol. The van der Waals surface area contributed by atoms with Crippen LogP contribution in [0.5, 0.6) is 5.75 Å². The predicted octanol–water partition coefficient (Wildman–Crippen LogP) is 1.15. The number of aromatic hydroxyl groups is 1. The van der Waals surface area contributed by atoms with Crippen molar-refractivity contribution in [3.63, 3.8) is 0 Å². The second kappa shape index (κ2) is 4.85. The van der Waals surface area contributed by atoms with Crippen molar-refractivity contribution >= 4 is 5.91 Å². The van der Waals surface area contributed by atoms with Crippen LogP contribution in [-0.2, 0) is 11.2 Å². The van der Waals surface area contributed by atoms with Gasteiger partial charge in [0.15, 0.2) is 0 Å². The molecule has 102 valence electrons. The number of likely N-dealkylation sites (tertiary alicyclic amines) is 1. The smallest absolute Gasteiger partial charge is 0.227 e. The molecule has 1 aromatic carbocycles. The lowest BCUT2D eigenvalue weighted by Crippen LogP contribution is -2.34. The summed E-state index contributed by atoms with van der Waals surface area (Å²) in [5.74, 6) is 0.401. The molecule has 2 N–H and O–H groups in total. The van der Waals surface area contributed by atoms with Gasteiger partial charge in [-0.15, -0.1) is 0 Å². The number of hydrogen-bond donors (Lipinski definition) is 2. The van der Waals surface area contributed by atoms with E-state index < -0.39 is 0 Å². The summed E-state index contributed by atoms with van der Waals surface area (Å²) in [6.45, 7) is 3.88. The van der Waals surface area contributed by atoms with Crippen molar-refractivity contribution in [3.8, 4) is 5.75 Å². The summed E-state index contributed by atoms with van der Waals surface area (Å²) in [7, 11) is 0. The lowest BCUT2D eigenvalue weighted by Gasteiger charge is -2.22. The molecule has 0 saturated carbocycles. The third-order valence-corrected chi connectivity index (χ3v) is 4.39. The summed E-state index contributed by atoms with van der Waals surface area (Å²) in [5.41, 5.74) is 1.21. The summed E-state index contributed by atoms with van der Waals surface area (Å²) >= 11 is 0. The van der Waals surface area contributed by atoms with Crippen LogP contribution in [0.15, 0.2) is 24.3 Å². The maximum Gasteiger partial charge on any atom is 0.227 e. The van der Waals surface area contributed by atoms with Gasteiger partial charge in [-0.2, -0.15) is 0 Å². The molecule has 1 spiro atoms. The van der Waals surface area contributed by atoms with Crippen molar-refractivity contribution in [1.82, 2.24) is 10.2 Å². The second-order valence-corrected chi connectivity index (χ2v) is 5.84. The number of phenolic OH excluding ortho intramolecular Hbond substituents is 1. The first-order valence-corrected chi connectivity index (χ1v) is 6.93. The molecule has 0 radical (unpaired) electrons. The highest BCUT2D eigenvalue weighted by Crippen LogP contribution is 2.36. The second-order valence-electron chi connectivity index (χ2n) is 5.84. The molecule has 1 unspecified atom stereocenters. The third-order valence-electron chi connectivity index (χ3n) is 4.39. The number of amides is 1. The Morgan fingerprint density at radius 1 is 1.42 bits per heavy atom. The first-order chi connectivity index (χ1) is 9.17. The zero-order valence-corrected chi connectivity index (χ0v) is 11.1. The van der Waals surface area contributed by atoms with Gasteiger partial charge >= 0.3 is 0 Å². The molecular weight excluding hydrogens is 240 g/mol. The SMILES string of the molecule is O=C(Cc1cccc(O)c1)N1CCC2(CCNC2)C1. The zero-order valence-electron chi connectivity index (χ0n) is 11.1. The van der Waals surface area contributed by atoms with Crippen molar-refractivity contribution in [2.24, 2.45) is 5.41 Å². The molecule has 0 aromatic heterocycles. The van der Waals surface area contributed by atoms with Crippen molar-refractivity contribution < 1.29 is 9.90 Å². The fourth-order valence-electron chi connectivity index (χ4n) is 3.24. The van der Waals surface area contributed by atoms with Gasteiger partial charge in [-0.05, 0) is 37.1 Å². The Hall–Kier alpha value is -1.55. The van der Waals surface area contributed by atoms with Gasteiger partial charge in [-0.3, -0.25) is 4.79 Å². The van der Waals surface area contributed by atoms with E-state index in [-0.39, 0.29) is 11.7 Å². The lowest BCUT2D eigenvalue weighted by molar-refractivity contribution is -0.129. The molecular formula is C15H20N2O2. The number of carbonyl (C=O) groups excluding carboxylic acids is 1. The van der Waals surface area contributed by atoms with Gasteiger partial charge < -0.3 is 15.3 Å². The summed E-state index contributed by atoms with van der Waals surface area (Å²) in [5, 5.41) is 12.8. The Kier molecular flexibility index (Phi) is 3.19. The minimum Gasteiger partial charge on any atom is -0.508 e. The summed E-state index contributed by atoms with van der Waals surface area (Å²) in [6, 6.07) is 6.97. The number of benzene rings is 1. The first kappa shape index (κ1) is 12.5. The van der Waals surface area contributed by atoms with Crippen LogP contribution in [0.4, 0.5) is 0 Å². The van der Waals surface area contributed by atoms with Gasteiger partial charge in [0.1, 0.15) is 5.75 Å². The van der Waals surface area contributed by atoms with Crippen molar-refractivity contribution in [2.45, 2.75) is 19.3 Å². The molecule has 2 saturated heterocycles. The van der Waals surface area contributed by atoms with E-state index in [9.17, 15) is 9.90 Å². The molecule has 1 amide bonds. The van der Waals surface area contributed by atoms with Crippen LogP contribution < -0.4 is 5.32 Å². The molecule has 2 aliphatic heterocycles. The van der Waals surface area contributed by atoms with Crippen LogP contribution in [0, 0.1) is 5.41 Å². The molecule has 19 heavy (non-hydrogen) atoms. The topological polar surface area (TPSA) is 52.6 Å².